The van der Waals surface area contributed by atoms with Gasteiger partial charge in [-0.15, -0.1) is 0 Å². The minimum atomic E-state index is 0.516. The minimum absolute atomic E-state index is 0.516. The number of pyridine rings is 1. The van der Waals surface area contributed by atoms with Gasteiger partial charge in [0.25, 0.3) is 0 Å². The third-order valence-corrected chi connectivity index (χ3v) is 26.7. The molecule has 16 nitrogen and oxygen atoms in total. The normalized spacial score (nSPS) is 11.7. The zero-order valence-electron chi connectivity index (χ0n) is 76.0. The van der Waals surface area contributed by atoms with Gasteiger partial charge in [0.15, 0.2) is 52.4 Å². The number of nitrogens with zero attached hydrogens (tertiary/aromatic N) is 13. The van der Waals surface area contributed by atoms with Crippen LogP contribution < -0.4 is 0 Å². The first kappa shape index (κ1) is 81.9. The lowest BCUT2D eigenvalue weighted by Crippen LogP contribution is -2.03. The molecule has 0 fully saturated rings. The first-order valence-electron chi connectivity index (χ1n) is 47.2. The van der Waals surface area contributed by atoms with E-state index in [9.17, 15) is 0 Å². The predicted octanol–water partition coefficient (Wildman–Crippen LogP) is 31.8. The average molecular weight is 1820 g/mol. The van der Waals surface area contributed by atoms with Crippen molar-refractivity contribution in [2.45, 2.75) is 0 Å². The summed E-state index contributed by atoms with van der Waals surface area (Å²) in [7, 11) is 0. The van der Waals surface area contributed by atoms with Crippen LogP contribution in [0.15, 0.2) is 480 Å². The largest absolute Gasteiger partial charge is 0.456 e. The smallest absolute Gasteiger partial charge is 0.164 e. The van der Waals surface area contributed by atoms with Gasteiger partial charge in [-0.3, -0.25) is 4.57 Å². The number of benzene rings is 19. The zero-order chi connectivity index (χ0) is 93.7. The Morgan fingerprint density at radius 3 is 0.810 bits per heavy atom. The molecule has 0 saturated heterocycles. The van der Waals surface area contributed by atoms with Gasteiger partial charge in [0.05, 0.1) is 49.3 Å². The Bertz CT molecular complexity index is 9760. The molecule has 664 valence electrons. The number of para-hydroxylation sites is 3. The molecule has 0 spiro atoms. The van der Waals surface area contributed by atoms with E-state index in [1.54, 1.807) is 0 Å². The summed E-state index contributed by atoms with van der Waals surface area (Å²) < 4.78 is 26.6. The first-order valence-corrected chi connectivity index (χ1v) is 47.2. The van der Waals surface area contributed by atoms with E-state index in [0.717, 1.165) is 199 Å². The highest BCUT2D eigenvalue weighted by Gasteiger charge is 2.27. The van der Waals surface area contributed by atoms with E-state index in [-0.39, 0.29) is 0 Å². The van der Waals surface area contributed by atoms with Gasteiger partial charge in [0.2, 0.25) is 0 Å². The van der Waals surface area contributed by atoms with E-state index in [4.69, 9.17) is 63.1 Å². The van der Waals surface area contributed by atoms with Crippen LogP contribution in [0.4, 0.5) is 0 Å². The van der Waals surface area contributed by atoms with Crippen LogP contribution in [-0.2, 0) is 0 Å². The van der Waals surface area contributed by atoms with Gasteiger partial charge >= 0.3 is 0 Å². The van der Waals surface area contributed by atoms with Crippen molar-refractivity contribution in [1.82, 2.24) is 63.5 Å². The van der Waals surface area contributed by atoms with E-state index in [1.807, 2.05) is 206 Å². The molecule has 10 aromatic heterocycles. The molecule has 0 aliphatic rings. The van der Waals surface area contributed by atoms with E-state index in [2.05, 4.69) is 275 Å². The van der Waals surface area contributed by atoms with Crippen molar-refractivity contribution in [1.29, 1.82) is 0 Å². The summed E-state index contributed by atoms with van der Waals surface area (Å²) in [4.78, 5) is 50.7. The molecule has 0 amide bonds. The maximum absolute atomic E-state index is 6.71. The fourth-order valence-corrected chi connectivity index (χ4v) is 20.3. The molecule has 0 radical (unpaired) electrons. The Kier molecular flexibility index (Phi) is 19.8. The number of hydrogen-bond acceptors (Lipinski definition) is 13. The van der Waals surface area contributed by atoms with Crippen molar-refractivity contribution in [2.75, 3.05) is 0 Å². The van der Waals surface area contributed by atoms with Crippen LogP contribution in [0.2, 0.25) is 0 Å². The standard InChI is InChI=1S/C54H33N7O.C45H28N4O.C27H16N2O/c1-5-17-34(18-6-1)49-55-50(35-19-7-2-8-20-35)58-53(57-49)38-31-39(54-59-51(36-21-9-3-10-22-36)56-52(60-54)37-23-11-4-12-24-37)33-40(32-38)61-43-27-15-26-42-41-25-13-14-29-45(41)62-46-30-16-28-44(61)48(46)47(42)43;1-3-13-29(14-4-1)31-17-9-18-32(27-31)44-46-43(30-15-5-2-6-16-30)47-45(48-44)33-19-10-20-34(28-33)49-37-23-11-22-36-35-21-7-8-25-39(35)50-40-26-12-24-38(49)42(40)41(36)37;1-2-8-18-16-28-25(15-17(18)7-1)29-21-11-5-10-20-19-9-3-4-13-23(19)30-24-14-6-12-22(29)27(24)26(20)21/h1-33H;1-28H;1-16H. The Balaban J connectivity index is 0.000000113. The van der Waals surface area contributed by atoms with Crippen LogP contribution >= 0.6 is 0 Å². The lowest BCUT2D eigenvalue weighted by Gasteiger charge is -2.15. The number of aromatic nitrogens is 13. The summed E-state index contributed by atoms with van der Waals surface area (Å²) in [5.41, 5.74) is 23.6. The Hall–Kier alpha value is -19.6. The molecule has 19 aromatic carbocycles. The molecule has 0 aliphatic heterocycles. The van der Waals surface area contributed by atoms with Gasteiger partial charge in [-0.05, 0) is 148 Å². The van der Waals surface area contributed by atoms with Crippen LogP contribution in [0, 0.1) is 0 Å². The number of rotatable bonds is 13. The fourth-order valence-electron chi connectivity index (χ4n) is 20.3. The van der Waals surface area contributed by atoms with Gasteiger partial charge in [0.1, 0.15) is 39.3 Å². The summed E-state index contributed by atoms with van der Waals surface area (Å²) >= 11 is 0. The van der Waals surface area contributed by atoms with Gasteiger partial charge in [-0.2, -0.15) is 0 Å². The van der Waals surface area contributed by atoms with Crippen molar-refractivity contribution in [2.24, 2.45) is 0 Å². The summed E-state index contributed by atoms with van der Waals surface area (Å²) in [5.74, 6) is 6.10. The second kappa shape index (κ2) is 34.3. The number of fused-ring (bicyclic) bond motifs is 7. The molecule has 0 N–H and O–H groups in total. The van der Waals surface area contributed by atoms with Crippen molar-refractivity contribution >= 4 is 142 Å². The monoisotopic (exact) mass is 1820 g/mol. The second-order valence-corrected chi connectivity index (χ2v) is 35.3. The molecule has 16 heteroatoms. The minimum Gasteiger partial charge on any atom is -0.456 e. The van der Waals surface area contributed by atoms with Gasteiger partial charge < -0.3 is 22.4 Å². The average Bonchev–Trinajstić information content (AvgIpc) is 1.57. The highest BCUT2D eigenvalue weighted by molar-refractivity contribution is 6.29. The van der Waals surface area contributed by atoms with Crippen LogP contribution in [0.3, 0.4) is 0 Å². The van der Waals surface area contributed by atoms with E-state index >= 15 is 0 Å². The molecular formula is C126H77N13O3. The van der Waals surface area contributed by atoms with Crippen molar-refractivity contribution in [3.05, 3.63) is 467 Å². The van der Waals surface area contributed by atoms with Crippen LogP contribution in [0.5, 0.6) is 0 Å². The number of hydrogen-bond donors (Lipinski definition) is 0. The Morgan fingerprint density at radius 1 is 0.155 bits per heavy atom. The Morgan fingerprint density at radius 2 is 0.408 bits per heavy atom. The maximum atomic E-state index is 6.71. The molecular weight excluding hydrogens is 1740 g/mol. The molecule has 0 saturated carbocycles. The third kappa shape index (κ3) is 14.4. The lowest BCUT2D eigenvalue weighted by atomic mass is 10.0. The summed E-state index contributed by atoms with van der Waals surface area (Å²) in [5, 5.41) is 15.8. The summed E-state index contributed by atoms with van der Waals surface area (Å²) in [6.07, 6.45) is 1.95. The first-order chi connectivity index (χ1) is 70.4. The van der Waals surface area contributed by atoms with E-state index in [1.165, 1.54) is 21.5 Å². The zero-order valence-corrected chi connectivity index (χ0v) is 76.0. The third-order valence-electron chi connectivity index (χ3n) is 26.7. The van der Waals surface area contributed by atoms with E-state index in [0.29, 0.717) is 52.4 Å². The van der Waals surface area contributed by atoms with Crippen molar-refractivity contribution < 1.29 is 13.3 Å². The lowest BCUT2D eigenvalue weighted by molar-refractivity contribution is 0.663. The maximum Gasteiger partial charge on any atom is 0.164 e. The second-order valence-electron chi connectivity index (χ2n) is 35.3. The topological polar surface area (TPSA) is 183 Å². The van der Waals surface area contributed by atoms with Gasteiger partial charge in [-0.1, -0.05) is 346 Å². The van der Waals surface area contributed by atoms with Crippen molar-refractivity contribution in [3.8, 4) is 131 Å². The highest BCUT2D eigenvalue weighted by Crippen LogP contribution is 2.47. The molecule has 29 aromatic rings. The summed E-state index contributed by atoms with van der Waals surface area (Å²) in [6.45, 7) is 0. The highest BCUT2D eigenvalue weighted by atomic mass is 16.3. The predicted molar refractivity (Wildman–Crippen MR) is 574 cm³/mol. The van der Waals surface area contributed by atoms with E-state index < -0.39 is 0 Å². The van der Waals surface area contributed by atoms with Crippen molar-refractivity contribution in [3.63, 3.8) is 0 Å². The van der Waals surface area contributed by atoms with Crippen LogP contribution in [0.25, 0.3) is 273 Å². The molecule has 0 aliphatic carbocycles. The quantitative estimate of drug-likeness (QED) is 0.106. The SMILES string of the molecule is c1ccc(-c2cccc(-c3nc(-c4ccccc4)nc(-c4cccc(-n5c6cccc7oc8ccccc8c8cccc5c8c76)c4)n3)c2)cc1.c1ccc(-c2nc(-c3ccccc3)nc(-c3cc(-c4nc(-c5ccccc5)nc(-c5ccccc5)n4)cc(-n4c5cccc6oc7ccccc7c7cccc4c7c65)c3)n2)cc1.c1ccc2cc(-n3c4cccc5oc6ccccc6c6cccc3c6c54)ncc2c1. The molecule has 142 heavy (non-hydrogen) atoms. The van der Waals surface area contributed by atoms with Gasteiger partial charge in [-0.25, -0.2) is 49.8 Å². The van der Waals surface area contributed by atoms with Crippen LogP contribution in [-0.4, -0.2) is 63.5 Å². The molecule has 10 heterocycles. The molecule has 0 atom stereocenters. The Labute approximate surface area is 811 Å². The van der Waals surface area contributed by atoms with Crippen LogP contribution in [0.1, 0.15) is 0 Å². The molecule has 29 rings (SSSR count). The summed E-state index contributed by atoms with van der Waals surface area (Å²) in [6, 6.07) is 157. The molecule has 0 unspecified atom stereocenters. The fraction of sp³-hybridized carbons (Fsp3) is 0. The molecule has 0 bridgehead atoms. The van der Waals surface area contributed by atoms with Gasteiger partial charge in [0, 0.05) is 105 Å².